The summed E-state index contributed by atoms with van der Waals surface area (Å²) in [5.41, 5.74) is 2.00. The molecule has 1 aliphatic rings. The third-order valence-electron chi connectivity index (χ3n) is 5.04. The van der Waals surface area contributed by atoms with Crippen molar-refractivity contribution in [2.75, 3.05) is 32.1 Å². The minimum absolute atomic E-state index is 0.0332. The Morgan fingerprint density at radius 2 is 1.94 bits per heavy atom. The van der Waals surface area contributed by atoms with Gasteiger partial charge in [0.25, 0.3) is 11.8 Å². The Balaban J connectivity index is 1.47. The summed E-state index contributed by atoms with van der Waals surface area (Å²) >= 11 is 3.25. The number of ether oxygens (including phenoxy) is 1. The van der Waals surface area contributed by atoms with Crippen LogP contribution in [0.1, 0.15) is 32.6 Å². The summed E-state index contributed by atoms with van der Waals surface area (Å²) in [6.45, 7) is 0.883. The van der Waals surface area contributed by atoms with Crippen molar-refractivity contribution >= 4 is 45.9 Å². The summed E-state index contributed by atoms with van der Waals surface area (Å²) in [6, 6.07) is 15.1. The number of hydrogen-bond acceptors (Lipinski definition) is 7. The summed E-state index contributed by atoms with van der Waals surface area (Å²) in [5, 5.41) is 16.2. The van der Waals surface area contributed by atoms with Crippen LogP contribution >= 0.6 is 22.7 Å². The molecule has 3 heterocycles. The highest BCUT2D eigenvalue weighted by Crippen LogP contribution is 2.35. The molecule has 0 radical (unpaired) electrons. The highest BCUT2D eigenvalue weighted by Gasteiger charge is 2.33. The van der Waals surface area contributed by atoms with E-state index in [1.807, 2.05) is 41.1 Å². The van der Waals surface area contributed by atoms with Gasteiger partial charge in [0, 0.05) is 30.6 Å². The van der Waals surface area contributed by atoms with Crippen molar-refractivity contribution < 1.29 is 14.3 Å². The second kappa shape index (κ2) is 10.5. The van der Waals surface area contributed by atoms with Gasteiger partial charge in [0.15, 0.2) is 0 Å². The number of rotatable bonds is 9. The molecule has 7 nitrogen and oxygen atoms in total. The minimum Gasteiger partial charge on any atom is -0.383 e. The number of nitrogens with one attached hydrogen (secondary N) is 2. The van der Waals surface area contributed by atoms with Gasteiger partial charge in [0.1, 0.15) is 0 Å². The second-order valence-corrected chi connectivity index (χ2v) is 9.07. The smallest absolute Gasteiger partial charge is 0.262 e. The predicted molar refractivity (Wildman–Crippen MR) is 129 cm³/mol. The Kier molecular flexibility index (Phi) is 7.31. The Morgan fingerprint density at radius 1 is 1.12 bits per heavy atom. The van der Waals surface area contributed by atoms with Gasteiger partial charge in [-0.2, -0.15) is 5.10 Å². The summed E-state index contributed by atoms with van der Waals surface area (Å²) in [7, 11) is 1.58. The summed E-state index contributed by atoms with van der Waals surface area (Å²) in [5.74, 6) is -0.363. The molecule has 2 N–H and O–H groups in total. The first kappa shape index (κ1) is 22.2. The molecule has 0 fully saturated rings. The fourth-order valence-corrected chi connectivity index (χ4v) is 5.02. The first-order valence-electron chi connectivity index (χ1n) is 10.2. The number of methoxy groups -OCH3 is 1. The fraction of sp³-hybridized carbons (Fsp3) is 0.261. The van der Waals surface area contributed by atoms with Crippen molar-refractivity contribution in [1.29, 1.82) is 0 Å². The third kappa shape index (κ3) is 5.07. The molecule has 1 aliphatic heterocycles. The number of hydrazone groups is 1. The lowest BCUT2D eigenvalue weighted by molar-refractivity contribution is -0.131. The largest absolute Gasteiger partial charge is 0.383 e. The number of nitrogens with zero attached hydrogens (tertiary/aromatic N) is 2. The van der Waals surface area contributed by atoms with Crippen LogP contribution in [0.2, 0.25) is 0 Å². The van der Waals surface area contributed by atoms with Gasteiger partial charge in [-0.05, 0) is 35.0 Å². The van der Waals surface area contributed by atoms with Crippen molar-refractivity contribution in [2.24, 2.45) is 5.10 Å². The Hall–Kier alpha value is -3.01. The van der Waals surface area contributed by atoms with Gasteiger partial charge in [0.05, 0.1) is 35.3 Å². The van der Waals surface area contributed by atoms with Crippen LogP contribution in [0.15, 0.2) is 64.4 Å². The minimum atomic E-state index is -0.215. The van der Waals surface area contributed by atoms with Crippen LogP contribution in [-0.2, 0) is 9.53 Å². The zero-order valence-electron chi connectivity index (χ0n) is 17.6. The molecule has 3 aromatic rings. The van der Waals surface area contributed by atoms with E-state index >= 15 is 0 Å². The molecule has 0 aliphatic carbocycles. The van der Waals surface area contributed by atoms with Crippen molar-refractivity contribution in [2.45, 2.75) is 12.5 Å². The Labute approximate surface area is 194 Å². The van der Waals surface area contributed by atoms with Crippen LogP contribution in [0.25, 0.3) is 0 Å². The molecule has 4 rings (SSSR count). The molecule has 0 saturated carbocycles. The van der Waals surface area contributed by atoms with E-state index in [4.69, 9.17) is 4.74 Å². The average Bonchev–Trinajstić information content (AvgIpc) is 3.58. The zero-order valence-corrected chi connectivity index (χ0v) is 19.2. The maximum Gasteiger partial charge on any atom is 0.262 e. The molecule has 2 amide bonds. The number of thiophene rings is 2. The lowest BCUT2D eigenvalue weighted by atomic mass is 10.1. The molecule has 32 heavy (non-hydrogen) atoms. The van der Waals surface area contributed by atoms with Gasteiger partial charge >= 0.3 is 0 Å². The highest BCUT2D eigenvalue weighted by atomic mass is 32.1. The first-order chi connectivity index (χ1) is 15.7. The highest BCUT2D eigenvalue weighted by molar-refractivity contribution is 7.12. The molecule has 9 heteroatoms. The van der Waals surface area contributed by atoms with E-state index in [0.29, 0.717) is 30.8 Å². The SMILES string of the molecule is COCCNC(=O)c1ccccc1NCC(=O)N1N=C(c2cccs2)CC1c1cccs1. The molecule has 0 spiro atoms. The van der Waals surface area contributed by atoms with E-state index in [1.54, 1.807) is 53.0 Å². The second-order valence-electron chi connectivity index (χ2n) is 7.15. The average molecular weight is 469 g/mol. The van der Waals surface area contributed by atoms with Gasteiger partial charge in [-0.3, -0.25) is 9.59 Å². The van der Waals surface area contributed by atoms with E-state index in [9.17, 15) is 9.59 Å². The van der Waals surface area contributed by atoms with E-state index in [0.717, 1.165) is 15.5 Å². The quantitative estimate of drug-likeness (QED) is 0.466. The first-order valence-corrected chi connectivity index (χ1v) is 12.0. The number of hydrogen-bond donors (Lipinski definition) is 2. The Morgan fingerprint density at radius 3 is 2.69 bits per heavy atom. The fourth-order valence-electron chi connectivity index (χ4n) is 3.48. The number of carbonyl (C=O) groups excluding carboxylic acids is 2. The van der Waals surface area contributed by atoms with Gasteiger partial charge in [-0.1, -0.05) is 24.3 Å². The van der Waals surface area contributed by atoms with Gasteiger partial charge < -0.3 is 15.4 Å². The monoisotopic (exact) mass is 468 g/mol. The van der Waals surface area contributed by atoms with Crippen LogP contribution in [0.3, 0.4) is 0 Å². The molecule has 0 bridgehead atoms. The molecular formula is C23H24N4O3S2. The van der Waals surface area contributed by atoms with Gasteiger partial charge in [0.2, 0.25) is 0 Å². The summed E-state index contributed by atoms with van der Waals surface area (Å²) in [6.07, 6.45) is 0.686. The Bertz CT molecular complexity index is 1080. The van der Waals surface area contributed by atoms with E-state index in [1.165, 1.54) is 0 Å². The molecule has 1 unspecified atom stereocenters. The predicted octanol–water partition coefficient (Wildman–Crippen LogP) is 3.98. The van der Waals surface area contributed by atoms with Crippen LogP contribution in [0.4, 0.5) is 5.69 Å². The summed E-state index contributed by atoms with van der Waals surface area (Å²) in [4.78, 5) is 27.9. The topological polar surface area (TPSA) is 83.0 Å². The number of para-hydroxylation sites is 1. The number of anilines is 1. The molecule has 1 aromatic carbocycles. The van der Waals surface area contributed by atoms with Crippen molar-refractivity contribution in [3.05, 3.63) is 74.6 Å². The maximum atomic E-state index is 13.2. The van der Waals surface area contributed by atoms with E-state index in [2.05, 4.69) is 15.7 Å². The molecular weight excluding hydrogens is 444 g/mol. The van der Waals surface area contributed by atoms with E-state index in [-0.39, 0.29) is 24.4 Å². The van der Waals surface area contributed by atoms with Crippen LogP contribution < -0.4 is 10.6 Å². The zero-order chi connectivity index (χ0) is 22.3. The maximum absolute atomic E-state index is 13.2. The number of carbonyl (C=O) groups is 2. The summed E-state index contributed by atoms with van der Waals surface area (Å²) < 4.78 is 4.98. The molecule has 0 saturated heterocycles. The van der Waals surface area contributed by atoms with E-state index < -0.39 is 0 Å². The van der Waals surface area contributed by atoms with Crippen molar-refractivity contribution in [1.82, 2.24) is 10.3 Å². The third-order valence-corrected chi connectivity index (χ3v) is 6.93. The van der Waals surface area contributed by atoms with Gasteiger partial charge in [-0.25, -0.2) is 5.01 Å². The number of amides is 2. The van der Waals surface area contributed by atoms with Gasteiger partial charge in [-0.15, -0.1) is 22.7 Å². The standard InChI is InChI=1S/C23H24N4O3S2/c1-30-11-10-24-23(29)16-6-2-3-7-17(16)25-15-22(28)27-19(21-9-5-13-32-21)14-18(26-27)20-8-4-12-31-20/h2-9,12-13,19,25H,10-11,14-15H2,1H3,(H,24,29). The van der Waals surface area contributed by atoms with Crippen LogP contribution in [0.5, 0.6) is 0 Å². The molecule has 166 valence electrons. The normalized spacial score (nSPS) is 15.5. The lowest BCUT2D eigenvalue weighted by Gasteiger charge is -2.21. The van der Waals surface area contributed by atoms with Crippen molar-refractivity contribution in [3.63, 3.8) is 0 Å². The van der Waals surface area contributed by atoms with Crippen LogP contribution in [0, 0.1) is 0 Å². The lowest BCUT2D eigenvalue weighted by Crippen LogP contribution is -2.33. The number of benzene rings is 1. The molecule has 1 atom stereocenters. The van der Waals surface area contributed by atoms with Crippen molar-refractivity contribution in [3.8, 4) is 0 Å². The van der Waals surface area contributed by atoms with Crippen LogP contribution in [-0.4, -0.2) is 49.3 Å². The molecule has 2 aromatic heterocycles.